The molecule has 0 bridgehead atoms. The highest BCUT2D eigenvalue weighted by Crippen LogP contribution is 2.11. The van der Waals surface area contributed by atoms with Gasteiger partial charge in [-0.05, 0) is 6.42 Å². The molecule has 1 rings (SSSR count). The van der Waals surface area contributed by atoms with Gasteiger partial charge >= 0.3 is 0 Å². The summed E-state index contributed by atoms with van der Waals surface area (Å²) >= 11 is 0. The molecule has 0 atom stereocenters. The van der Waals surface area contributed by atoms with Crippen LogP contribution in [0.5, 0.6) is 0 Å². The number of nitrogens with zero attached hydrogens (tertiary/aromatic N) is 2. The summed E-state index contributed by atoms with van der Waals surface area (Å²) in [5.41, 5.74) is 0. The normalized spacial score (nSPS) is 11.0. The van der Waals surface area contributed by atoms with E-state index in [4.69, 9.17) is 0 Å². The van der Waals surface area contributed by atoms with Crippen molar-refractivity contribution in [1.82, 2.24) is 9.55 Å². The first-order valence-corrected chi connectivity index (χ1v) is 7.80. The lowest BCUT2D eigenvalue weighted by Gasteiger charge is -2.03. The fourth-order valence-corrected chi connectivity index (χ4v) is 2.41. The van der Waals surface area contributed by atoms with E-state index in [-0.39, 0.29) is 0 Å². The summed E-state index contributed by atoms with van der Waals surface area (Å²) in [6.45, 7) is 2.28. The van der Waals surface area contributed by atoms with E-state index in [2.05, 4.69) is 23.5 Å². The standard InChI is InChI=1S/C16H30N2/c1-3-4-5-6-7-8-9-10-11-12-13-16-17-14-15-18(16)2/h14-15H,3-13H2,1-2H3. The molecule has 0 saturated carbocycles. The van der Waals surface area contributed by atoms with Crippen molar-refractivity contribution >= 4 is 0 Å². The largest absolute Gasteiger partial charge is 0.338 e. The van der Waals surface area contributed by atoms with Crippen LogP contribution in [0.15, 0.2) is 12.4 Å². The molecule has 0 fully saturated rings. The van der Waals surface area contributed by atoms with Crippen LogP contribution in [0, 0.1) is 0 Å². The summed E-state index contributed by atoms with van der Waals surface area (Å²) in [5.74, 6) is 1.23. The van der Waals surface area contributed by atoms with Crippen molar-refractivity contribution in [2.75, 3.05) is 0 Å². The summed E-state index contributed by atoms with van der Waals surface area (Å²) in [7, 11) is 2.08. The molecule has 0 aliphatic heterocycles. The Morgan fingerprint density at radius 3 is 1.94 bits per heavy atom. The van der Waals surface area contributed by atoms with E-state index in [1.807, 2.05) is 12.4 Å². The van der Waals surface area contributed by atoms with Crippen LogP contribution >= 0.6 is 0 Å². The zero-order valence-electron chi connectivity index (χ0n) is 12.3. The predicted molar refractivity (Wildman–Crippen MR) is 78.8 cm³/mol. The highest BCUT2D eigenvalue weighted by molar-refractivity contribution is 4.90. The van der Waals surface area contributed by atoms with E-state index in [1.165, 1.54) is 70.0 Å². The molecule has 0 aliphatic rings. The van der Waals surface area contributed by atoms with Gasteiger partial charge in [0.15, 0.2) is 0 Å². The van der Waals surface area contributed by atoms with Crippen LogP contribution in [-0.4, -0.2) is 9.55 Å². The van der Waals surface area contributed by atoms with Crippen molar-refractivity contribution in [3.8, 4) is 0 Å². The minimum Gasteiger partial charge on any atom is -0.338 e. The molecular formula is C16H30N2. The Balaban J connectivity index is 1.83. The second kappa shape index (κ2) is 10.2. The summed E-state index contributed by atoms with van der Waals surface area (Å²) in [4.78, 5) is 4.35. The SMILES string of the molecule is CCCCCCCCCCCCc1nccn1C. The Labute approximate surface area is 113 Å². The van der Waals surface area contributed by atoms with Gasteiger partial charge in [0.1, 0.15) is 5.82 Å². The third-order valence-electron chi connectivity index (χ3n) is 3.67. The Kier molecular flexibility index (Phi) is 8.62. The van der Waals surface area contributed by atoms with E-state index in [0.717, 1.165) is 6.42 Å². The predicted octanol–water partition coefficient (Wildman–Crippen LogP) is 4.88. The molecule has 0 aliphatic carbocycles. The van der Waals surface area contributed by atoms with Gasteiger partial charge in [-0.1, -0.05) is 64.7 Å². The number of aromatic nitrogens is 2. The van der Waals surface area contributed by atoms with Crippen molar-refractivity contribution in [2.45, 2.75) is 77.6 Å². The second-order valence-corrected chi connectivity index (χ2v) is 5.39. The zero-order chi connectivity index (χ0) is 13.1. The van der Waals surface area contributed by atoms with E-state index >= 15 is 0 Å². The molecule has 0 amide bonds. The summed E-state index contributed by atoms with van der Waals surface area (Å²) < 4.78 is 2.13. The smallest absolute Gasteiger partial charge is 0.108 e. The lowest BCUT2D eigenvalue weighted by Crippen LogP contribution is -1.96. The minimum absolute atomic E-state index is 1.14. The summed E-state index contributed by atoms with van der Waals surface area (Å²) in [5, 5.41) is 0. The molecule has 1 aromatic heterocycles. The van der Waals surface area contributed by atoms with Crippen LogP contribution < -0.4 is 0 Å². The topological polar surface area (TPSA) is 17.8 Å². The number of unbranched alkanes of at least 4 members (excludes halogenated alkanes) is 9. The first kappa shape index (κ1) is 15.3. The first-order chi connectivity index (χ1) is 8.84. The molecule has 0 radical (unpaired) electrons. The maximum absolute atomic E-state index is 4.35. The summed E-state index contributed by atoms with van der Waals surface area (Å²) in [6, 6.07) is 0. The number of hydrogen-bond donors (Lipinski definition) is 0. The molecule has 2 heteroatoms. The van der Waals surface area contributed by atoms with Crippen molar-refractivity contribution in [3.63, 3.8) is 0 Å². The number of aryl methyl sites for hydroxylation is 2. The Morgan fingerprint density at radius 1 is 0.889 bits per heavy atom. The quantitative estimate of drug-likeness (QED) is 0.512. The summed E-state index contributed by atoms with van der Waals surface area (Å²) in [6.07, 6.45) is 19.1. The lowest BCUT2D eigenvalue weighted by atomic mass is 10.1. The molecule has 1 aromatic rings. The van der Waals surface area contributed by atoms with Crippen LogP contribution in [0.3, 0.4) is 0 Å². The molecular weight excluding hydrogens is 220 g/mol. The highest BCUT2D eigenvalue weighted by Gasteiger charge is 1.98. The molecule has 0 unspecified atom stereocenters. The number of rotatable bonds is 11. The Bertz CT molecular complexity index is 291. The third kappa shape index (κ3) is 6.83. The number of hydrogen-bond acceptors (Lipinski definition) is 1. The van der Waals surface area contributed by atoms with Crippen molar-refractivity contribution in [3.05, 3.63) is 18.2 Å². The average molecular weight is 250 g/mol. The molecule has 104 valence electrons. The van der Waals surface area contributed by atoms with Crippen molar-refractivity contribution in [1.29, 1.82) is 0 Å². The van der Waals surface area contributed by atoms with Crippen LogP contribution in [-0.2, 0) is 13.5 Å². The first-order valence-electron chi connectivity index (χ1n) is 7.80. The van der Waals surface area contributed by atoms with Gasteiger partial charge in [0.25, 0.3) is 0 Å². The maximum Gasteiger partial charge on any atom is 0.108 e. The van der Waals surface area contributed by atoms with E-state index in [0.29, 0.717) is 0 Å². The van der Waals surface area contributed by atoms with Gasteiger partial charge in [-0.3, -0.25) is 0 Å². The van der Waals surface area contributed by atoms with Crippen molar-refractivity contribution < 1.29 is 0 Å². The molecule has 0 aromatic carbocycles. The van der Waals surface area contributed by atoms with Crippen LogP contribution in [0.4, 0.5) is 0 Å². The molecule has 2 nitrogen and oxygen atoms in total. The zero-order valence-corrected chi connectivity index (χ0v) is 12.3. The Hall–Kier alpha value is -0.790. The molecule has 0 spiro atoms. The lowest BCUT2D eigenvalue weighted by molar-refractivity contribution is 0.552. The van der Waals surface area contributed by atoms with E-state index in [1.54, 1.807) is 0 Å². The monoisotopic (exact) mass is 250 g/mol. The minimum atomic E-state index is 1.14. The maximum atomic E-state index is 4.35. The van der Waals surface area contributed by atoms with E-state index < -0.39 is 0 Å². The fraction of sp³-hybridized carbons (Fsp3) is 0.812. The van der Waals surface area contributed by atoms with E-state index in [9.17, 15) is 0 Å². The van der Waals surface area contributed by atoms with Gasteiger partial charge in [0.2, 0.25) is 0 Å². The molecule has 0 saturated heterocycles. The average Bonchev–Trinajstić information content (AvgIpc) is 2.77. The molecule has 0 N–H and O–H groups in total. The van der Waals surface area contributed by atoms with Gasteiger partial charge in [-0.25, -0.2) is 4.98 Å². The van der Waals surface area contributed by atoms with Gasteiger partial charge in [0.05, 0.1) is 0 Å². The van der Waals surface area contributed by atoms with Gasteiger partial charge in [-0.15, -0.1) is 0 Å². The van der Waals surface area contributed by atoms with Crippen LogP contribution in [0.2, 0.25) is 0 Å². The van der Waals surface area contributed by atoms with Crippen molar-refractivity contribution in [2.24, 2.45) is 7.05 Å². The van der Waals surface area contributed by atoms with Crippen LogP contribution in [0.25, 0.3) is 0 Å². The fourth-order valence-electron chi connectivity index (χ4n) is 2.41. The van der Waals surface area contributed by atoms with Gasteiger partial charge in [-0.2, -0.15) is 0 Å². The second-order valence-electron chi connectivity index (χ2n) is 5.39. The highest BCUT2D eigenvalue weighted by atomic mass is 15.0. The Morgan fingerprint density at radius 2 is 1.44 bits per heavy atom. The van der Waals surface area contributed by atoms with Gasteiger partial charge in [0, 0.05) is 25.9 Å². The van der Waals surface area contributed by atoms with Gasteiger partial charge < -0.3 is 4.57 Å². The number of imidazole rings is 1. The third-order valence-corrected chi connectivity index (χ3v) is 3.67. The molecule has 1 heterocycles. The van der Waals surface area contributed by atoms with Crippen LogP contribution in [0.1, 0.15) is 77.0 Å². The molecule has 18 heavy (non-hydrogen) atoms.